The Hall–Kier alpha value is -3.50. The summed E-state index contributed by atoms with van der Waals surface area (Å²) >= 11 is 0. The van der Waals surface area contributed by atoms with Crippen LogP contribution in [0.2, 0.25) is 0 Å². The van der Waals surface area contributed by atoms with Gasteiger partial charge in [-0.25, -0.2) is 9.37 Å². The van der Waals surface area contributed by atoms with Gasteiger partial charge >= 0.3 is 0 Å². The number of alkyl halides is 1. The lowest BCUT2D eigenvalue weighted by atomic mass is 9.77. The van der Waals surface area contributed by atoms with Gasteiger partial charge in [0.25, 0.3) is 5.91 Å². The number of benzene rings is 2. The third-order valence-electron chi connectivity index (χ3n) is 8.82. The number of aromatic nitrogens is 2. The molecule has 1 saturated carbocycles. The smallest absolute Gasteiger partial charge is 0.254 e. The van der Waals surface area contributed by atoms with E-state index in [2.05, 4.69) is 29.1 Å². The lowest BCUT2D eigenvalue weighted by Gasteiger charge is -2.37. The molecule has 2 aromatic carbocycles. The molecule has 0 spiro atoms. The predicted molar refractivity (Wildman–Crippen MR) is 144 cm³/mol. The molecule has 196 valence electrons. The second-order valence-corrected chi connectivity index (χ2v) is 11.3. The van der Waals surface area contributed by atoms with E-state index < -0.39 is 5.67 Å². The summed E-state index contributed by atoms with van der Waals surface area (Å²) in [5.41, 5.74) is 5.89. The first kappa shape index (κ1) is 24.8. The van der Waals surface area contributed by atoms with E-state index in [1.165, 1.54) is 30.5 Å². The van der Waals surface area contributed by atoms with Crippen LogP contribution >= 0.6 is 0 Å². The molecular formula is C31H34FN5O. The summed E-state index contributed by atoms with van der Waals surface area (Å²) in [6.07, 6.45) is 4.99. The van der Waals surface area contributed by atoms with Crippen molar-refractivity contribution in [2.75, 3.05) is 26.7 Å². The van der Waals surface area contributed by atoms with Crippen LogP contribution in [0.25, 0.3) is 11.4 Å². The zero-order chi connectivity index (χ0) is 26.4. The van der Waals surface area contributed by atoms with Crippen molar-refractivity contribution in [1.82, 2.24) is 19.8 Å². The number of aryl methyl sites for hydroxylation is 1. The van der Waals surface area contributed by atoms with Crippen LogP contribution in [-0.4, -0.2) is 52.4 Å². The van der Waals surface area contributed by atoms with Crippen LogP contribution in [0.3, 0.4) is 0 Å². The Bertz CT molecular complexity index is 1410. The Labute approximate surface area is 223 Å². The Morgan fingerprint density at radius 2 is 1.89 bits per heavy atom. The number of aromatic amines is 1. The van der Waals surface area contributed by atoms with E-state index in [4.69, 9.17) is 10.2 Å². The lowest BCUT2D eigenvalue weighted by Crippen LogP contribution is -2.43. The Morgan fingerprint density at radius 1 is 1.16 bits per heavy atom. The summed E-state index contributed by atoms with van der Waals surface area (Å²) in [5.74, 6) is 1.33. The molecule has 3 heterocycles. The summed E-state index contributed by atoms with van der Waals surface area (Å²) in [6, 6.07) is 13.0. The lowest BCUT2D eigenvalue weighted by molar-refractivity contribution is 0.0421. The van der Waals surface area contributed by atoms with E-state index in [-0.39, 0.29) is 18.7 Å². The standard InChI is InChI=1S/C31H34FN5O/c1-20-16-25(22-4-3-5-22)26(29-34-27-10-13-36(2)19-28(27)35-29)17-24(20)30(38)37-14-11-31(32,12-15-37)23-8-6-21(18-33)7-9-23/h6-9,16-17,22H,3-5,10-15,19H2,1-2H3,(H,34,35). The monoisotopic (exact) mass is 511 g/mol. The molecule has 6 nitrogen and oxygen atoms in total. The fraction of sp³-hybridized carbons (Fsp3) is 0.452. The van der Waals surface area contributed by atoms with Crippen LogP contribution in [-0.2, 0) is 18.6 Å². The average Bonchev–Trinajstić information content (AvgIpc) is 3.31. The van der Waals surface area contributed by atoms with Gasteiger partial charge in [0.15, 0.2) is 0 Å². The maximum Gasteiger partial charge on any atom is 0.254 e. The van der Waals surface area contributed by atoms with E-state index in [0.717, 1.165) is 42.2 Å². The van der Waals surface area contributed by atoms with Crippen LogP contribution in [0.4, 0.5) is 4.39 Å². The molecule has 1 amide bonds. The average molecular weight is 512 g/mol. The molecule has 2 fully saturated rings. The zero-order valence-electron chi connectivity index (χ0n) is 22.2. The number of nitriles is 1. The van der Waals surface area contributed by atoms with Crippen molar-refractivity contribution >= 4 is 5.91 Å². The molecule has 3 aliphatic rings. The third kappa shape index (κ3) is 4.41. The molecule has 0 unspecified atom stereocenters. The number of halogens is 1. The van der Waals surface area contributed by atoms with Crippen LogP contribution in [0, 0.1) is 18.3 Å². The zero-order valence-corrected chi connectivity index (χ0v) is 22.2. The van der Waals surface area contributed by atoms with Crippen molar-refractivity contribution in [2.24, 2.45) is 0 Å². The van der Waals surface area contributed by atoms with E-state index in [9.17, 15) is 4.79 Å². The number of carbonyl (C=O) groups excluding carboxylic acids is 1. The number of amides is 1. The number of hydrogen-bond donors (Lipinski definition) is 1. The number of piperidine rings is 1. The number of likely N-dealkylation sites (tertiary alicyclic amines) is 1. The normalized spacial score (nSPS) is 19.5. The molecule has 1 saturated heterocycles. The summed E-state index contributed by atoms with van der Waals surface area (Å²) in [4.78, 5) is 26.4. The molecule has 0 radical (unpaired) electrons. The first-order valence-corrected chi connectivity index (χ1v) is 13.7. The molecule has 2 aliphatic heterocycles. The minimum atomic E-state index is -1.49. The molecule has 1 aliphatic carbocycles. The van der Waals surface area contributed by atoms with Gasteiger partial charge in [-0.05, 0) is 67.6 Å². The van der Waals surface area contributed by atoms with Crippen molar-refractivity contribution in [3.05, 3.63) is 75.6 Å². The summed E-state index contributed by atoms with van der Waals surface area (Å²) in [7, 11) is 2.12. The highest BCUT2D eigenvalue weighted by Gasteiger charge is 2.38. The van der Waals surface area contributed by atoms with Gasteiger partial charge < -0.3 is 14.8 Å². The molecule has 0 atom stereocenters. The maximum absolute atomic E-state index is 15.8. The minimum absolute atomic E-state index is 0.0400. The topological polar surface area (TPSA) is 76.0 Å². The van der Waals surface area contributed by atoms with Crippen LogP contribution in [0.5, 0.6) is 0 Å². The molecule has 1 N–H and O–H groups in total. The molecule has 0 bridgehead atoms. The number of nitrogens with zero attached hydrogens (tertiary/aromatic N) is 4. The number of hydrogen-bond acceptors (Lipinski definition) is 4. The number of carbonyl (C=O) groups is 1. The predicted octanol–water partition coefficient (Wildman–Crippen LogP) is 5.61. The highest BCUT2D eigenvalue weighted by Crippen LogP contribution is 2.43. The van der Waals surface area contributed by atoms with E-state index >= 15 is 4.39 Å². The van der Waals surface area contributed by atoms with Crippen LogP contribution < -0.4 is 0 Å². The summed E-state index contributed by atoms with van der Waals surface area (Å²) < 4.78 is 15.8. The van der Waals surface area contributed by atoms with Gasteiger partial charge in [0.2, 0.25) is 0 Å². The first-order chi connectivity index (χ1) is 18.3. The van der Waals surface area contributed by atoms with Crippen LogP contribution in [0.1, 0.15) is 82.0 Å². The number of nitrogens with one attached hydrogen (secondary N) is 1. The highest BCUT2D eigenvalue weighted by atomic mass is 19.1. The van der Waals surface area contributed by atoms with Gasteiger partial charge in [0.1, 0.15) is 11.5 Å². The number of rotatable bonds is 4. The second-order valence-electron chi connectivity index (χ2n) is 11.3. The van der Waals surface area contributed by atoms with Gasteiger partial charge in [0, 0.05) is 56.6 Å². The van der Waals surface area contributed by atoms with Crippen molar-refractivity contribution < 1.29 is 9.18 Å². The number of imidazole rings is 1. The van der Waals surface area contributed by atoms with Crippen molar-refractivity contribution in [3.8, 4) is 17.5 Å². The van der Waals surface area contributed by atoms with Gasteiger partial charge in [-0.2, -0.15) is 5.26 Å². The molecule has 38 heavy (non-hydrogen) atoms. The summed E-state index contributed by atoms with van der Waals surface area (Å²) in [5, 5.41) is 9.04. The van der Waals surface area contributed by atoms with Gasteiger partial charge in [-0.1, -0.05) is 24.6 Å². The number of fused-ring (bicyclic) bond motifs is 1. The van der Waals surface area contributed by atoms with Gasteiger partial charge in [0.05, 0.1) is 23.0 Å². The Balaban J connectivity index is 1.27. The third-order valence-corrected chi connectivity index (χ3v) is 8.82. The van der Waals surface area contributed by atoms with E-state index in [0.29, 0.717) is 35.7 Å². The van der Waals surface area contributed by atoms with Crippen molar-refractivity contribution in [2.45, 2.75) is 63.6 Å². The van der Waals surface area contributed by atoms with Crippen LogP contribution in [0.15, 0.2) is 36.4 Å². The van der Waals surface area contributed by atoms with Crippen molar-refractivity contribution in [3.63, 3.8) is 0 Å². The van der Waals surface area contributed by atoms with Gasteiger partial charge in [-0.3, -0.25) is 4.79 Å². The van der Waals surface area contributed by atoms with E-state index in [1.54, 1.807) is 29.2 Å². The first-order valence-electron chi connectivity index (χ1n) is 13.7. The maximum atomic E-state index is 15.8. The number of H-pyrrole nitrogens is 1. The molecule has 7 heteroatoms. The fourth-order valence-electron chi connectivity index (χ4n) is 6.15. The minimum Gasteiger partial charge on any atom is -0.341 e. The highest BCUT2D eigenvalue weighted by molar-refractivity contribution is 5.97. The Morgan fingerprint density at radius 3 is 2.55 bits per heavy atom. The largest absolute Gasteiger partial charge is 0.341 e. The SMILES string of the molecule is Cc1cc(C2CCC2)c(-c2nc3c([nH]2)CN(C)CC3)cc1C(=O)N1CCC(F)(c2ccc(C#N)cc2)CC1. The van der Waals surface area contributed by atoms with Gasteiger partial charge in [-0.15, -0.1) is 0 Å². The molecular weight excluding hydrogens is 477 g/mol. The fourth-order valence-corrected chi connectivity index (χ4v) is 6.15. The van der Waals surface area contributed by atoms with Crippen molar-refractivity contribution in [1.29, 1.82) is 5.26 Å². The number of likely N-dealkylation sites (N-methyl/N-ethyl adjacent to an activating group) is 1. The molecule has 1 aromatic heterocycles. The Kier molecular flexibility index (Phi) is 6.31. The summed E-state index contributed by atoms with van der Waals surface area (Å²) in [6.45, 7) is 4.59. The van der Waals surface area contributed by atoms with E-state index in [1.807, 2.05) is 13.0 Å². The molecule has 3 aromatic rings. The quantitative estimate of drug-likeness (QED) is 0.494. The second kappa shape index (κ2) is 9.67. The molecule has 6 rings (SSSR count).